The van der Waals surface area contributed by atoms with Crippen molar-refractivity contribution >= 4 is 17.6 Å². The number of carboxylic acid groups (broad SMARTS) is 1. The van der Waals surface area contributed by atoms with Crippen LogP contribution in [0.1, 0.15) is 34.6 Å². The minimum atomic E-state index is -1.14. The number of para-hydroxylation sites is 1. The van der Waals surface area contributed by atoms with E-state index in [4.69, 9.17) is 9.47 Å². The fraction of sp³-hybridized carbons (Fsp3) is 0.133. The maximum Gasteiger partial charge on any atom is 0.339 e. The highest BCUT2D eigenvalue weighted by atomic mass is 16.5. The van der Waals surface area contributed by atoms with E-state index in [1.807, 2.05) is 74.5 Å². The van der Waals surface area contributed by atoms with Gasteiger partial charge in [-0.3, -0.25) is 4.79 Å². The summed E-state index contributed by atoms with van der Waals surface area (Å²) < 4.78 is 11.8. The van der Waals surface area contributed by atoms with E-state index in [0.717, 1.165) is 5.56 Å². The summed E-state index contributed by atoms with van der Waals surface area (Å²) in [5.74, 6) is -0.100. The van der Waals surface area contributed by atoms with Gasteiger partial charge in [-0.2, -0.15) is 0 Å². The lowest BCUT2D eigenvalue weighted by atomic mass is 10.0. The Morgan fingerprint density at radius 1 is 0.806 bits per heavy atom. The van der Waals surface area contributed by atoms with E-state index in [2.05, 4.69) is 5.32 Å². The molecule has 0 saturated carbocycles. The highest BCUT2D eigenvalue weighted by molar-refractivity contribution is 6.07. The molecule has 0 aliphatic carbocycles. The minimum Gasteiger partial charge on any atom is -0.490 e. The molecule has 0 aliphatic heterocycles. The minimum absolute atomic E-state index is 0.0199. The van der Waals surface area contributed by atoms with Crippen LogP contribution >= 0.6 is 0 Å². The molecular formula is C30H27NO5. The molecule has 0 atom stereocenters. The van der Waals surface area contributed by atoms with E-state index in [-0.39, 0.29) is 22.9 Å². The fourth-order valence-electron chi connectivity index (χ4n) is 3.60. The van der Waals surface area contributed by atoms with Gasteiger partial charge in [-0.15, -0.1) is 0 Å². The quantitative estimate of drug-likeness (QED) is 0.266. The van der Waals surface area contributed by atoms with E-state index in [9.17, 15) is 14.7 Å². The van der Waals surface area contributed by atoms with Crippen molar-refractivity contribution in [1.82, 2.24) is 0 Å². The van der Waals surface area contributed by atoms with Crippen LogP contribution in [0.3, 0.4) is 0 Å². The van der Waals surface area contributed by atoms with Crippen molar-refractivity contribution in [2.45, 2.75) is 13.8 Å². The normalized spacial score (nSPS) is 10.6. The first-order valence-electron chi connectivity index (χ1n) is 11.6. The van der Waals surface area contributed by atoms with Crippen molar-refractivity contribution in [3.8, 4) is 28.4 Å². The first-order valence-corrected chi connectivity index (χ1v) is 11.6. The SMILES string of the molecule is CC(C)COc1c(NC(=O)c2cccc(Oc3ccccc3)c2)cc(-c2ccccc2)cc1C(=O)O. The first kappa shape index (κ1) is 24.5. The summed E-state index contributed by atoms with van der Waals surface area (Å²) in [6, 6.07) is 28.8. The van der Waals surface area contributed by atoms with Gasteiger partial charge < -0.3 is 19.9 Å². The molecule has 1 amide bonds. The van der Waals surface area contributed by atoms with Crippen molar-refractivity contribution < 1.29 is 24.2 Å². The van der Waals surface area contributed by atoms with Crippen LogP contribution in [0.25, 0.3) is 11.1 Å². The molecule has 0 aromatic heterocycles. The first-order chi connectivity index (χ1) is 17.4. The Bertz CT molecular complexity index is 1350. The lowest BCUT2D eigenvalue weighted by molar-refractivity contribution is 0.0691. The third-order valence-electron chi connectivity index (χ3n) is 5.31. The van der Waals surface area contributed by atoms with Crippen molar-refractivity contribution in [1.29, 1.82) is 0 Å². The summed E-state index contributed by atoms with van der Waals surface area (Å²) in [6.45, 7) is 4.23. The molecule has 0 saturated heterocycles. The van der Waals surface area contributed by atoms with Crippen LogP contribution in [0.5, 0.6) is 17.2 Å². The molecule has 182 valence electrons. The number of carbonyl (C=O) groups excluding carboxylic acids is 1. The van der Waals surface area contributed by atoms with Crippen molar-refractivity contribution in [2.75, 3.05) is 11.9 Å². The summed E-state index contributed by atoms with van der Waals surface area (Å²) in [6.07, 6.45) is 0. The number of amides is 1. The molecule has 6 nitrogen and oxygen atoms in total. The Hall–Kier alpha value is -4.58. The lowest BCUT2D eigenvalue weighted by Crippen LogP contribution is -2.16. The van der Waals surface area contributed by atoms with Crippen LogP contribution in [-0.2, 0) is 0 Å². The molecule has 36 heavy (non-hydrogen) atoms. The molecule has 0 aliphatic rings. The number of benzene rings is 4. The molecule has 0 heterocycles. The smallest absolute Gasteiger partial charge is 0.339 e. The van der Waals surface area contributed by atoms with Crippen LogP contribution < -0.4 is 14.8 Å². The molecule has 4 aromatic carbocycles. The second-order valence-corrected chi connectivity index (χ2v) is 8.67. The van der Waals surface area contributed by atoms with Gasteiger partial charge in [-0.05, 0) is 59.5 Å². The molecule has 4 rings (SSSR count). The van der Waals surface area contributed by atoms with Gasteiger partial charge >= 0.3 is 5.97 Å². The second-order valence-electron chi connectivity index (χ2n) is 8.67. The molecule has 4 aromatic rings. The van der Waals surface area contributed by atoms with Gasteiger partial charge in [0, 0.05) is 5.56 Å². The highest BCUT2D eigenvalue weighted by Crippen LogP contribution is 2.36. The fourth-order valence-corrected chi connectivity index (χ4v) is 3.60. The Labute approximate surface area is 210 Å². The number of nitrogens with one attached hydrogen (secondary N) is 1. The molecule has 0 bridgehead atoms. The number of rotatable bonds is 9. The largest absolute Gasteiger partial charge is 0.490 e. The third-order valence-corrected chi connectivity index (χ3v) is 5.31. The summed E-state index contributed by atoms with van der Waals surface area (Å²) >= 11 is 0. The van der Waals surface area contributed by atoms with Gasteiger partial charge in [-0.1, -0.05) is 68.4 Å². The predicted molar refractivity (Wildman–Crippen MR) is 140 cm³/mol. The summed E-state index contributed by atoms with van der Waals surface area (Å²) in [5, 5.41) is 12.8. The molecule has 0 unspecified atom stereocenters. The molecule has 0 spiro atoms. The Morgan fingerprint density at radius 3 is 2.14 bits per heavy atom. The zero-order valence-electron chi connectivity index (χ0n) is 20.1. The van der Waals surface area contributed by atoms with Crippen LogP contribution in [0.15, 0.2) is 97.1 Å². The molecule has 2 N–H and O–H groups in total. The number of aromatic carboxylic acids is 1. The number of hydrogen-bond acceptors (Lipinski definition) is 4. The van der Waals surface area contributed by atoms with E-state index in [0.29, 0.717) is 29.2 Å². The zero-order chi connectivity index (χ0) is 25.5. The topological polar surface area (TPSA) is 84.9 Å². The van der Waals surface area contributed by atoms with Gasteiger partial charge in [-0.25, -0.2) is 4.79 Å². The van der Waals surface area contributed by atoms with E-state index in [1.54, 1.807) is 36.4 Å². The van der Waals surface area contributed by atoms with Gasteiger partial charge in [0.05, 0.1) is 12.3 Å². The monoisotopic (exact) mass is 481 g/mol. The van der Waals surface area contributed by atoms with Crippen molar-refractivity contribution in [2.24, 2.45) is 5.92 Å². The maximum atomic E-state index is 13.3. The van der Waals surface area contributed by atoms with E-state index in [1.165, 1.54) is 0 Å². The number of hydrogen-bond donors (Lipinski definition) is 2. The Kier molecular flexibility index (Phi) is 7.66. The lowest BCUT2D eigenvalue weighted by Gasteiger charge is -2.18. The number of anilines is 1. The van der Waals surface area contributed by atoms with Crippen LogP contribution in [0.2, 0.25) is 0 Å². The van der Waals surface area contributed by atoms with Gasteiger partial charge in [0.1, 0.15) is 17.1 Å². The van der Waals surface area contributed by atoms with E-state index < -0.39 is 11.9 Å². The second kappa shape index (κ2) is 11.2. The zero-order valence-corrected chi connectivity index (χ0v) is 20.1. The average molecular weight is 482 g/mol. The molecule has 0 radical (unpaired) electrons. The van der Waals surface area contributed by atoms with Crippen molar-refractivity contribution in [3.05, 3.63) is 108 Å². The molecule has 6 heteroatoms. The van der Waals surface area contributed by atoms with Crippen LogP contribution in [0.4, 0.5) is 5.69 Å². The van der Waals surface area contributed by atoms with Gasteiger partial charge in [0.2, 0.25) is 0 Å². The maximum absolute atomic E-state index is 13.3. The summed E-state index contributed by atoms with van der Waals surface area (Å²) in [5.41, 5.74) is 2.10. The van der Waals surface area contributed by atoms with E-state index >= 15 is 0 Å². The highest BCUT2D eigenvalue weighted by Gasteiger charge is 2.21. The number of carbonyl (C=O) groups is 2. The Morgan fingerprint density at radius 2 is 1.47 bits per heavy atom. The number of ether oxygens (including phenoxy) is 2. The van der Waals surface area contributed by atoms with Crippen LogP contribution in [-0.4, -0.2) is 23.6 Å². The average Bonchev–Trinajstić information content (AvgIpc) is 2.88. The van der Waals surface area contributed by atoms with Crippen molar-refractivity contribution in [3.63, 3.8) is 0 Å². The summed E-state index contributed by atoms with van der Waals surface area (Å²) in [4.78, 5) is 25.4. The van der Waals surface area contributed by atoms with Gasteiger partial charge in [0.25, 0.3) is 5.91 Å². The molecular weight excluding hydrogens is 454 g/mol. The molecule has 0 fully saturated rings. The predicted octanol–water partition coefficient (Wildman–Crippen LogP) is 7.13. The van der Waals surface area contributed by atoms with Gasteiger partial charge in [0.15, 0.2) is 5.75 Å². The number of carboxylic acids is 1. The summed E-state index contributed by atoms with van der Waals surface area (Å²) in [7, 11) is 0. The standard InChI is InChI=1S/C30H27NO5/c1-20(2)19-35-28-26(30(33)34)17-23(21-10-5-3-6-11-21)18-27(28)31-29(32)22-12-9-15-25(16-22)36-24-13-7-4-8-14-24/h3-18,20H,19H2,1-2H3,(H,31,32)(H,33,34). The van der Waals surface area contributed by atoms with Crippen LogP contribution in [0, 0.1) is 5.92 Å². The Balaban J connectivity index is 1.69. The third kappa shape index (κ3) is 6.10.